The third-order valence-electron chi connectivity index (χ3n) is 4.42. The fourth-order valence-corrected chi connectivity index (χ4v) is 2.56. The zero-order valence-electron chi connectivity index (χ0n) is 16.3. The summed E-state index contributed by atoms with van der Waals surface area (Å²) in [5.41, 5.74) is 2.36. The zero-order valence-corrected chi connectivity index (χ0v) is 17.1. The molecule has 1 aromatic rings. The molecule has 0 heterocycles. The fraction of sp³-hybridized carbons (Fsp3) is 0.632. The molecule has 0 atom stereocenters. The summed E-state index contributed by atoms with van der Waals surface area (Å²) < 4.78 is 0. The molecular weight excluding hydrogens is 330 g/mol. The van der Waals surface area contributed by atoms with Gasteiger partial charge in [-0.15, -0.1) is 0 Å². The Balaban J connectivity index is 2.18. The minimum atomic E-state index is 0.639. The summed E-state index contributed by atoms with van der Waals surface area (Å²) in [5.74, 6) is 0. The molecule has 0 bridgehead atoms. The molecule has 0 spiro atoms. The van der Waals surface area contributed by atoms with Crippen LogP contribution in [0.4, 0.5) is 5.69 Å². The van der Waals surface area contributed by atoms with Crippen molar-refractivity contribution in [1.82, 2.24) is 20.4 Å². The quantitative estimate of drug-likeness (QED) is 0.389. The first-order chi connectivity index (χ1) is 12.1. The fourth-order valence-electron chi connectivity index (χ4n) is 2.44. The maximum absolute atomic E-state index is 5.10. The summed E-state index contributed by atoms with van der Waals surface area (Å²) in [7, 11) is 4.00. The van der Waals surface area contributed by atoms with Crippen molar-refractivity contribution in [3.05, 3.63) is 29.8 Å². The number of likely N-dealkylation sites (N-methyl/N-ethyl adjacent to an activating group) is 2. The van der Waals surface area contributed by atoms with Crippen LogP contribution < -0.4 is 16.0 Å². The highest BCUT2D eigenvalue weighted by Gasteiger charge is 2.03. The van der Waals surface area contributed by atoms with E-state index in [1.807, 2.05) is 7.05 Å². The lowest BCUT2D eigenvalue weighted by atomic mass is 10.1. The lowest BCUT2D eigenvalue weighted by molar-refractivity contribution is 0.238. The lowest BCUT2D eigenvalue weighted by Crippen LogP contribution is -2.37. The maximum Gasteiger partial charge on any atom is 0.170 e. The normalized spacial score (nSPS) is 11.1. The predicted molar refractivity (Wildman–Crippen MR) is 114 cm³/mol. The van der Waals surface area contributed by atoms with Crippen LogP contribution in [0.3, 0.4) is 0 Å². The number of hydrogen-bond donors (Lipinski definition) is 3. The minimum absolute atomic E-state index is 0.639. The van der Waals surface area contributed by atoms with E-state index in [2.05, 4.69) is 70.9 Å². The van der Waals surface area contributed by atoms with Crippen LogP contribution >= 0.6 is 12.2 Å². The van der Waals surface area contributed by atoms with E-state index < -0.39 is 0 Å². The Kier molecular flexibility index (Phi) is 11.4. The summed E-state index contributed by atoms with van der Waals surface area (Å²) in [5, 5.41) is 10.2. The highest BCUT2D eigenvalue weighted by molar-refractivity contribution is 7.80. The van der Waals surface area contributed by atoms with Gasteiger partial charge >= 0.3 is 0 Å². The molecule has 0 saturated heterocycles. The maximum atomic E-state index is 5.10. The van der Waals surface area contributed by atoms with Gasteiger partial charge in [-0.05, 0) is 63.0 Å². The molecule has 0 aliphatic rings. The second-order valence-electron chi connectivity index (χ2n) is 6.23. The van der Waals surface area contributed by atoms with Crippen molar-refractivity contribution in [2.24, 2.45) is 0 Å². The van der Waals surface area contributed by atoms with E-state index in [1.54, 1.807) is 0 Å². The number of rotatable bonds is 12. The van der Waals surface area contributed by atoms with Crippen LogP contribution in [-0.2, 0) is 6.42 Å². The van der Waals surface area contributed by atoms with Gasteiger partial charge < -0.3 is 25.8 Å². The molecule has 0 aliphatic heterocycles. The Hall–Kier alpha value is -1.21. The van der Waals surface area contributed by atoms with Crippen LogP contribution in [0.1, 0.15) is 19.4 Å². The Bertz CT molecular complexity index is 477. The molecule has 0 aromatic heterocycles. The Morgan fingerprint density at radius 3 is 2.32 bits per heavy atom. The van der Waals surface area contributed by atoms with Gasteiger partial charge in [0.1, 0.15) is 0 Å². The smallest absolute Gasteiger partial charge is 0.170 e. The number of thiocarbonyl (C=S) groups is 1. The Morgan fingerprint density at radius 2 is 1.72 bits per heavy atom. The van der Waals surface area contributed by atoms with Crippen LogP contribution in [0.25, 0.3) is 0 Å². The predicted octanol–water partition coefficient (Wildman–Crippen LogP) is 2.01. The van der Waals surface area contributed by atoms with Crippen molar-refractivity contribution < 1.29 is 0 Å². The number of nitrogens with zero attached hydrogens (tertiary/aromatic N) is 2. The number of hydrogen-bond acceptors (Lipinski definition) is 4. The minimum Gasteiger partial charge on any atom is -0.366 e. The van der Waals surface area contributed by atoms with Gasteiger partial charge in [-0.3, -0.25) is 0 Å². The summed E-state index contributed by atoms with van der Waals surface area (Å²) in [4.78, 5) is 4.86. The molecule has 0 amide bonds. The van der Waals surface area contributed by atoms with Crippen molar-refractivity contribution in [3.8, 4) is 0 Å². The molecule has 1 rings (SSSR count). The summed E-state index contributed by atoms with van der Waals surface area (Å²) in [6.45, 7) is 12.1. The van der Waals surface area contributed by atoms with Gasteiger partial charge in [0.25, 0.3) is 0 Å². The first-order valence-corrected chi connectivity index (χ1v) is 9.69. The SMILES string of the molecule is CCN(C)CCN(CC)CCNCCc1ccc(NC(=S)NC)cc1. The molecule has 0 unspecified atom stereocenters. The summed E-state index contributed by atoms with van der Waals surface area (Å²) >= 11 is 5.10. The Labute approximate surface area is 159 Å². The topological polar surface area (TPSA) is 42.6 Å². The molecule has 1 aromatic carbocycles. The van der Waals surface area contributed by atoms with Crippen LogP contribution in [-0.4, -0.2) is 74.8 Å². The van der Waals surface area contributed by atoms with E-state index in [1.165, 1.54) is 5.56 Å². The molecule has 0 radical (unpaired) electrons. The first-order valence-electron chi connectivity index (χ1n) is 9.28. The van der Waals surface area contributed by atoms with Crippen molar-refractivity contribution in [3.63, 3.8) is 0 Å². The second-order valence-corrected chi connectivity index (χ2v) is 6.64. The molecule has 6 heteroatoms. The van der Waals surface area contributed by atoms with Gasteiger partial charge in [-0.2, -0.15) is 0 Å². The molecule has 142 valence electrons. The second kappa shape index (κ2) is 13.1. The van der Waals surface area contributed by atoms with Crippen molar-refractivity contribution in [1.29, 1.82) is 0 Å². The molecule has 0 fully saturated rings. The van der Waals surface area contributed by atoms with Crippen molar-refractivity contribution in [2.75, 3.05) is 65.2 Å². The van der Waals surface area contributed by atoms with Crippen molar-refractivity contribution in [2.45, 2.75) is 20.3 Å². The standard InChI is InChI=1S/C19H35N5S/c1-5-23(4)15-16-24(6-2)14-13-21-12-11-17-7-9-18(10-8-17)22-19(25)20-3/h7-10,21H,5-6,11-16H2,1-4H3,(H2,20,22,25). The average molecular weight is 366 g/mol. The summed E-state index contributed by atoms with van der Waals surface area (Å²) in [6.07, 6.45) is 1.04. The molecule has 5 nitrogen and oxygen atoms in total. The van der Waals surface area contributed by atoms with E-state index in [0.29, 0.717) is 5.11 Å². The van der Waals surface area contributed by atoms with E-state index in [-0.39, 0.29) is 0 Å². The van der Waals surface area contributed by atoms with E-state index in [0.717, 1.165) is 57.9 Å². The third-order valence-corrected chi connectivity index (χ3v) is 4.73. The van der Waals surface area contributed by atoms with Crippen molar-refractivity contribution >= 4 is 23.0 Å². The first kappa shape index (κ1) is 21.8. The Morgan fingerprint density at radius 1 is 1.00 bits per heavy atom. The van der Waals surface area contributed by atoms with E-state index >= 15 is 0 Å². The molecule has 0 saturated carbocycles. The van der Waals surface area contributed by atoms with Gasteiger partial charge in [-0.1, -0.05) is 26.0 Å². The molecular formula is C19H35N5S. The van der Waals surface area contributed by atoms with Crippen LogP contribution in [0.2, 0.25) is 0 Å². The van der Waals surface area contributed by atoms with Gasteiger partial charge in [0.2, 0.25) is 0 Å². The summed E-state index contributed by atoms with van der Waals surface area (Å²) in [6, 6.07) is 8.45. The average Bonchev–Trinajstić information content (AvgIpc) is 2.64. The molecule has 3 N–H and O–H groups in total. The van der Waals surface area contributed by atoms with E-state index in [9.17, 15) is 0 Å². The van der Waals surface area contributed by atoms with E-state index in [4.69, 9.17) is 12.2 Å². The third kappa shape index (κ3) is 9.75. The van der Waals surface area contributed by atoms with Gasteiger partial charge in [-0.25, -0.2) is 0 Å². The highest BCUT2D eigenvalue weighted by atomic mass is 32.1. The largest absolute Gasteiger partial charge is 0.366 e. The number of nitrogens with one attached hydrogen (secondary N) is 3. The zero-order chi connectivity index (χ0) is 18.5. The lowest BCUT2D eigenvalue weighted by Gasteiger charge is -2.23. The highest BCUT2D eigenvalue weighted by Crippen LogP contribution is 2.09. The van der Waals surface area contributed by atoms with Gasteiger partial charge in [0.05, 0.1) is 0 Å². The molecule has 25 heavy (non-hydrogen) atoms. The van der Waals surface area contributed by atoms with Crippen LogP contribution in [0.15, 0.2) is 24.3 Å². The van der Waals surface area contributed by atoms with Gasteiger partial charge in [0, 0.05) is 38.9 Å². The van der Waals surface area contributed by atoms with Gasteiger partial charge in [0.15, 0.2) is 5.11 Å². The number of benzene rings is 1. The molecule has 0 aliphatic carbocycles. The van der Waals surface area contributed by atoms with Crippen LogP contribution in [0, 0.1) is 0 Å². The van der Waals surface area contributed by atoms with Crippen LogP contribution in [0.5, 0.6) is 0 Å². The monoisotopic (exact) mass is 365 g/mol. The number of anilines is 1.